The number of rotatable bonds is 8. The summed E-state index contributed by atoms with van der Waals surface area (Å²) < 4.78 is 0. The zero-order valence-electron chi connectivity index (χ0n) is 10.2. The SMILES string of the molecule is CC(C)CCC(=O)NCCCCC(N)=NO. The predicted octanol–water partition coefficient (Wildman–Crippen LogP) is 1.46. The number of amidine groups is 1. The maximum atomic E-state index is 11.3. The van der Waals surface area contributed by atoms with Crippen LogP contribution < -0.4 is 11.1 Å². The average Bonchev–Trinajstić information content (AvgIpc) is 2.25. The highest BCUT2D eigenvalue weighted by atomic mass is 16.4. The second kappa shape index (κ2) is 9.00. The van der Waals surface area contributed by atoms with Crippen LogP contribution in [-0.4, -0.2) is 23.5 Å². The first-order valence-corrected chi connectivity index (χ1v) is 5.79. The van der Waals surface area contributed by atoms with Gasteiger partial charge in [-0.2, -0.15) is 0 Å². The number of unbranched alkanes of at least 4 members (excludes halogenated alkanes) is 1. The molecule has 94 valence electrons. The van der Waals surface area contributed by atoms with E-state index < -0.39 is 0 Å². The van der Waals surface area contributed by atoms with Gasteiger partial charge in [0.1, 0.15) is 5.84 Å². The average molecular weight is 229 g/mol. The number of nitrogens with zero attached hydrogens (tertiary/aromatic N) is 1. The fraction of sp³-hybridized carbons (Fsp3) is 0.818. The largest absolute Gasteiger partial charge is 0.409 e. The van der Waals surface area contributed by atoms with Crippen LogP contribution in [0.1, 0.15) is 46.0 Å². The number of hydrogen-bond acceptors (Lipinski definition) is 3. The Morgan fingerprint density at radius 2 is 2.06 bits per heavy atom. The van der Waals surface area contributed by atoms with Crippen molar-refractivity contribution in [1.82, 2.24) is 5.32 Å². The molecule has 0 bridgehead atoms. The lowest BCUT2D eigenvalue weighted by atomic mass is 10.1. The van der Waals surface area contributed by atoms with Crippen LogP contribution in [0.2, 0.25) is 0 Å². The number of nitrogens with one attached hydrogen (secondary N) is 1. The van der Waals surface area contributed by atoms with Crippen molar-refractivity contribution in [3.8, 4) is 0 Å². The van der Waals surface area contributed by atoms with Gasteiger partial charge in [-0.1, -0.05) is 19.0 Å². The van der Waals surface area contributed by atoms with E-state index in [-0.39, 0.29) is 11.7 Å². The normalized spacial score (nSPS) is 11.8. The molecule has 0 atom stereocenters. The first kappa shape index (κ1) is 14.7. The van der Waals surface area contributed by atoms with Crippen LogP contribution >= 0.6 is 0 Å². The third kappa shape index (κ3) is 9.30. The van der Waals surface area contributed by atoms with E-state index in [1.54, 1.807) is 0 Å². The Kier molecular flexibility index (Phi) is 8.29. The molecule has 5 heteroatoms. The van der Waals surface area contributed by atoms with Crippen LogP contribution in [0.25, 0.3) is 0 Å². The van der Waals surface area contributed by atoms with Crippen molar-refractivity contribution in [2.24, 2.45) is 16.8 Å². The fourth-order valence-corrected chi connectivity index (χ4v) is 1.22. The van der Waals surface area contributed by atoms with Gasteiger partial charge in [0.25, 0.3) is 0 Å². The van der Waals surface area contributed by atoms with Crippen LogP contribution in [0, 0.1) is 5.92 Å². The molecule has 0 aliphatic heterocycles. The second-order valence-electron chi connectivity index (χ2n) is 4.33. The Morgan fingerprint density at radius 1 is 1.38 bits per heavy atom. The second-order valence-corrected chi connectivity index (χ2v) is 4.33. The Morgan fingerprint density at radius 3 is 2.62 bits per heavy atom. The number of hydrogen-bond donors (Lipinski definition) is 3. The standard InChI is InChI=1S/C11H23N3O2/c1-9(2)6-7-11(15)13-8-4-3-5-10(12)14-16/h9,16H,3-8H2,1-2H3,(H2,12,14)(H,13,15). The number of carbonyl (C=O) groups is 1. The highest BCUT2D eigenvalue weighted by Crippen LogP contribution is 2.02. The quantitative estimate of drug-likeness (QED) is 0.193. The topological polar surface area (TPSA) is 87.7 Å². The first-order chi connectivity index (χ1) is 7.56. The van der Waals surface area contributed by atoms with Gasteiger partial charge in [-0.15, -0.1) is 0 Å². The maximum Gasteiger partial charge on any atom is 0.220 e. The molecule has 0 saturated carbocycles. The summed E-state index contributed by atoms with van der Waals surface area (Å²) in [5.41, 5.74) is 5.31. The molecule has 0 aromatic carbocycles. The van der Waals surface area contributed by atoms with Gasteiger partial charge >= 0.3 is 0 Å². The lowest BCUT2D eigenvalue weighted by Gasteiger charge is -2.06. The van der Waals surface area contributed by atoms with E-state index in [1.165, 1.54) is 0 Å². The van der Waals surface area contributed by atoms with E-state index >= 15 is 0 Å². The summed E-state index contributed by atoms with van der Waals surface area (Å²) in [5, 5.41) is 14.0. The molecule has 0 unspecified atom stereocenters. The van der Waals surface area contributed by atoms with Crippen LogP contribution in [0.3, 0.4) is 0 Å². The van der Waals surface area contributed by atoms with E-state index in [2.05, 4.69) is 24.3 Å². The van der Waals surface area contributed by atoms with Gasteiger partial charge in [0, 0.05) is 19.4 Å². The Balaban J connectivity index is 3.34. The molecule has 4 N–H and O–H groups in total. The van der Waals surface area contributed by atoms with Gasteiger partial charge in [-0.3, -0.25) is 4.79 Å². The highest BCUT2D eigenvalue weighted by molar-refractivity contribution is 5.79. The van der Waals surface area contributed by atoms with Gasteiger partial charge in [0.05, 0.1) is 0 Å². The van der Waals surface area contributed by atoms with Crippen molar-refractivity contribution < 1.29 is 10.0 Å². The predicted molar refractivity (Wildman–Crippen MR) is 64.3 cm³/mol. The van der Waals surface area contributed by atoms with Crippen LogP contribution in [0.4, 0.5) is 0 Å². The highest BCUT2D eigenvalue weighted by Gasteiger charge is 2.02. The molecular formula is C11H23N3O2. The number of amides is 1. The Labute approximate surface area is 97.1 Å². The zero-order chi connectivity index (χ0) is 12.4. The monoisotopic (exact) mass is 229 g/mol. The van der Waals surface area contributed by atoms with Crippen molar-refractivity contribution in [2.45, 2.75) is 46.0 Å². The Bertz CT molecular complexity index is 227. The molecule has 0 saturated heterocycles. The molecule has 0 aliphatic rings. The van der Waals surface area contributed by atoms with E-state index in [0.29, 0.717) is 25.3 Å². The molecule has 0 aromatic heterocycles. The summed E-state index contributed by atoms with van der Waals surface area (Å²) in [6, 6.07) is 0. The molecule has 0 rings (SSSR count). The van der Waals surface area contributed by atoms with Gasteiger partial charge < -0.3 is 16.3 Å². The zero-order valence-corrected chi connectivity index (χ0v) is 10.2. The molecule has 0 aliphatic carbocycles. The van der Waals surface area contributed by atoms with Crippen molar-refractivity contribution in [3.63, 3.8) is 0 Å². The first-order valence-electron chi connectivity index (χ1n) is 5.79. The Hall–Kier alpha value is -1.26. The lowest BCUT2D eigenvalue weighted by molar-refractivity contribution is -0.121. The molecule has 5 nitrogen and oxygen atoms in total. The maximum absolute atomic E-state index is 11.3. The van der Waals surface area contributed by atoms with Crippen molar-refractivity contribution in [1.29, 1.82) is 0 Å². The summed E-state index contributed by atoms with van der Waals surface area (Å²) in [5.74, 6) is 0.912. The summed E-state index contributed by atoms with van der Waals surface area (Å²) >= 11 is 0. The summed E-state index contributed by atoms with van der Waals surface area (Å²) in [4.78, 5) is 11.3. The number of carbonyl (C=O) groups excluding carboxylic acids is 1. The van der Waals surface area contributed by atoms with Gasteiger partial charge in [-0.25, -0.2) is 0 Å². The third-order valence-corrected chi connectivity index (χ3v) is 2.26. The smallest absolute Gasteiger partial charge is 0.220 e. The summed E-state index contributed by atoms with van der Waals surface area (Å²) in [6.45, 7) is 4.87. The third-order valence-electron chi connectivity index (χ3n) is 2.26. The molecule has 0 heterocycles. The van der Waals surface area contributed by atoms with Crippen molar-refractivity contribution in [3.05, 3.63) is 0 Å². The minimum absolute atomic E-state index is 0.109. The van der Waals surface area contributed by atoms with E-state index in [4.69, 9.17) is 10.9 Å². The van der Waals surface area contributed by atoms with Crippen molar-refractivity contribution in [2.75, 3.05) is 6.54 Å². The number of oxime groups is 1. The lowest BCUT2D eigenvalue weighted by Crippen LogP contribution is -2.24. The van der Waals surface area contributed by atoms with E-state index in [9.17, 15) is 4.79 Å². The fourth-order valence-electron chi connectivity index (χ4n) is 1.22. The van der Waals surface area contributed by atoms with Gasteiger partial charge in [-0.05, 0) is 25.2 Å². The van der Waals surface area contributed by atoms with Gasteiger partial charge in [0.2, 0.25) is 5.91 Å². The molecule has 0 radical (unpaired) electrons. The van der Waals surface area contributed by atoms with Crippen LogP contribution in [-0.2, 0) is 4.79 Å². The summed E-state index contributed by atoms with van der Waals surface area (Å²) in [7, 11) is 0. The molecular weight excluding hydrogens is 206 g/mol. The van der Waals surface area contributed by atoms with Crippen molar-refractivity contribution >= 4 is 11.7 Å². The molecule has 0 aromatic rings. The van der Waals surface area contributed by atoms with Crippen LogP contribution in [0.15, 0.2) is 5.16 Å². The van der Waals surface area contributed by atoms with E-state index in [1.807, 2.05) is 0 Å². The van der Waals surface area contributed by atoms with Crippen LogP contribution in [0.5, 0.6) is 0 Å². The summed E-state index contributed by atoms with van der Waals surface area (Å²) in [6.07, 6.45) is 3.76. The van der Waals surface area contributed by atoms with E-state index in [0.717, 1.165) is 19.3 Å². The minimum atomic E-state index is 0.109. The molecule has 0 fully saturated rings. The number of nitrogens with two attached hydrogens (primary N) is 1. The minimum Gasteiger partial charge on any atom is -0.409 e. The molecule has 0 spiro atoms. The molecule has 1 amide bonds. The molecule has 16 heavy (non-hydrogen) atoms. The van der Waals surface area contributed by atoms with Gasteiger partial charge in [0.15, 0.2) is 0 Å².